The van der Waals surface area contributed by atoms with Crippen molar-refractivity contribution in [3.63, 3.8) is 0 Å². The van der Waals surface area contributed by atoms with Crippen LogP contribution in [0.4, 0.5) is 4.39 Å². The van der Waals surface area contributed by atoms with Crippen LogP contribution in [0.15, 0.2) is 35.3 Å². The minimum Gasteiger partial charge on any atom is -0.502 e. The number of hydrogen-bond acceptors (Lipinski definition) is 5. The lowest BCUT2D eigenvalue weighted by Gasteiger charge is -2.41. The quantitative estimate of drug-likeness (QED) is 0.897. The molecule has 0 unspecified atom stereocenters. The van der Waals surface area contributed by atoms with Gasteiger partial charge in [0.05, 0.1) is 13.7 Å². The van der Waals surface area contributed by atoms with Crippen molar-refractivity contribution in [2.24, 2.45) is 0 Å². The number of benzene rings is 1. The van der Waals surface area contributed by atoms with E-state index in [-0.39, 0.29) is 30.7 Å². The van der Waals surface area contributed by atoms with Crippen LogP contribution in [0.2, 0.25) is 0 Å². The van der Waals surface area contributed by atoms with E-state index >= 15 is 0 Å². The van der Waals surface area contributed by atoms with Crippen LogP contribution >= 0.6 is 0 Å². The fourth-order valence-corrected chi connectivity index (χ4v) is 2.94. The Kier molecular flexibility index (Phi) is 4.58. The maximum absolute atomic E-state index is 14.0. The van der Waals surface area contributed by atoms with E-state index in [1.54, 1.807) is 11.1 Å². The summed E-state index contributed by atoms with van der Waals surface area (Å²) in [5.41, 5.74) is -0.0532. The van der Waals surface area contributed by atoms with Gasteiger partial charge in [0, 0.05) is 18.3 Å². The Labute approximate surface area is 149 Å². The van der Waals surface area contributed by atoms with Crippen LogP contribution in [0, 0.1) is 5.82 Å². The molecule has 0 aliphatic carbocycles. The highest BCUT2D eigenvalue weighted by Gasteiger charge is 2.33. The Hall–Kier alpha value is -3.03. The van der Waals surface area contributed by atoms with E-state index in [0.29, 0.717) is 5.56 Å². The summed E-state index contributed by atoms with van der Waals surface area (Å²) in [7, 11) is 1.39. The van der Waals surface area contributed by atoms with Crippen LogP contribution in [0.3, 0.4) is 0 Å². The first-order valence-corrected chi connectivity index (χ1v) is 8.16. The highest BCUT2D eigenvalue weighted by molar-refractivity contribution is 5.96. The number of carbonyl (C=O) groups excluding carboxylic acids is 1. The largest absolute Gasteiger partial charge is 0.502 e. The molecule has 0 spiro atoms. The van der Waals surface area contributed by atoms with E-state index in [4.69, 9.17) is 4.74 Å². The average molecular weight is 361 g/mol. The predicted molar refractivity (Wildman–Crippen MR) is 93.4 cm³/mol. The summed E-state index contributed by atoms with van der Waals surface area (Å²) in [5, 5.41) is 11.9. The molecule has 7 nitrogen and oxygen atoms in total. The smallest absolute Gasteiger partial charge is 0.278 e. The van der Waals surface area contributed by atoms with Crippen molar-refractivity contribution in [2.75, 3.05) is 18.8 Å². The molecule has 0 atom stereocenters. The molecule has 0 saturated heterocycles. The molecule has 1 aliphatic rings. The molecular formula is C18H20FN3O4. The second kappa shape index (κ2) is 6.70. The van der Waals surface area contributed by atoms with E-state index in [0.717, 1.165) is 0 Å². The monoisotopic (exact) mass is 361 g/mol. The number of fused-ring (bicyclic) bond motifs is 1. The molecule has 2 aromatic rings. The Morgan fingerprint density at radius 3 is 2.62 bits per heavy atom. The minimum absolute atomic E-state index is 0.0913. The lowest BCUT2D eigenvalue weighted by Crippen LogP contribution is -2.55. The fraction of sp³-hybridized carbons (Fsp3) is 0.333. The minimum atomic E-state index is -0.620. The van der Waals surface area contributed by atoms with E-state index in [2.05, 4.69) is 0 Å². The van der Waals surface area contributed by atoms with Crippen LogP contribution in [-0.4, -0.2) is 40.4 Å². The standard InChI is InChI=1S/C18H20FN3O4/c1-11(2)21-10-20(9-12-4-5-15(26-3)13(19)8-12)22-7-6-14(23)17(24)16(22)18(21)25/h4-8,11,24H,9-10H2,1-3H3. The molecule has 1 aliphatic heterocycles. The SMILES string of the molecule is COc1ccc(CN2CN(C(C)C)C(=O)c3c(O)c(=O)ccn32)cc1F. The van der Waals surface area contributed by atoms with Crippen LogP contribution in [0.5, 0.6) is 11.5 Å². The van der Waals surface area contributed by atoms with Crippen LogP contribution in [0.25, 0.3) is 0 Å². The zero-order valence-corrected chi connectivity index (χ0v) is 14.8. The summed E-state index contributed by atoms with van der Waals surface area (Å²) in [6.45, 7) is 4.19. The van der Waals surface area contributed by atoms with Gasteiger partial charge in [-0.05, 0) is 31.5 Å². The second-order valence-corrected chi connectivity index (χ2v) is 6.37. The first-order valence-electron chi connectivity index (χ1n) is 8.16. The number of halogens is 1. The average Bonchev–Trinajstić information content (AvgIpc) is 2.59. The topological polar surface area (TPSA) is 75.0 Å². The van der Waals surface area contributed by atoms with Crippen molar-refractivity contribution in [1.29, 1.82) is 0 Å². The predicted octanol–water partition coefficient (Wildman–Crippen LogP) is 1.66. The second-order valence-electron chi connectivity index (χ2n) is 6.37. The van der Waals surface area contributed by atoms with Gasteiger partial charge in [-0.3, -0.25) is 19.3 Å². The molecular weight excluding hydrogens is 341 g/mol. The van der Waals surface area contributed by atoms with Gasteiger partial charge in [0.2, 0.25) is 5.43 Å². The molecule has 138 valence electrons. The summed E-state index contributed by atoms with van der Waals surface area (Å²) in [6, 6.07) is 5.67. The van der Waals surface area contributed by atoms with Gasteiger partial charge >= 0.3 is 0 Å². The molecule has 0 bridgehead atoms. The summed E-state index contributed by atoms with van der Waals surface area (Å²) < 4.78 is 20.4. The molecule has 1 amide bonds. The van der Waals surface area contributed by atoms with Crippen molar-refractivity contribution in [2.45, 2.75) is 26.4 Å². The third-order valence-electron chi connectivity index (χ3n) is 4.34. The number of rotatable bonds is 4. The van der Waals surface area contributed by atoms with E-state index in [9.17, 15) is 19.1 Å². The maximum Gasteiger partial charge on any atom is 0.278 e. The molecule has 26 heavy (non-hydrogen) atoms. The van der Waals surface area contributed by atoms with Gasteiger partial charge < -0.3 is 14.7 Å². The maximum atomic E-state index is 14.0. The Bertz CT molecular complexity index is 910. The van der Waals surface area contributed by atoms with Crippen LogP contribution in [-0.2, 0) is 6.54 Å². The number of amides is 1. The Morgan fingerprint density at radius 2 is 2.00 bits per heavy atom. The summed E-state index contributed by atoms with van der Waals surface area (Å²) in [5.74, 6) is -1.35. The third kappa shape index (κ3) is 2.98. The number of ether oxygens (including phenoxy) is 1. The highest BCUT2D eigenvalue weighted by atomic mass is 19.1. The van der Waals surface area contributed by atoms with Gasteiger partial charge in [0.1, 0.15) is 6.67 Å². The molecule has 0 radical (unpaired) electrons. The molecule has 3 rings (SSSR count). The zero-order valence-electron chi connectivity index (χ0n) is 14.8. The summed E-state index contributed by atoms with van der Waals surface area (Å²) in [4.78, 5) is 26.0. The van der Waals surface area contributed by atoms with Gasteiger partial charge in [-0.15, -0.1) is 0 Å². The van der Waals surface area contributed by atoms with Crippen molar-refractivity contribution in [3.8, 4) is 11.5 Å². The van der Waals surface area contributed by atoms with Gasteiger partial charge in [-0.2, -0.15) is 0 Å². The Balaban J connectivity index is 2.03. The number of hydrogen-bond donors (Lipinski definition) is 1. The zero-order chi connectivity index (χ0) is 19.0. The number of aromatic hydroxyl groups is 1. The van der Waals surface area contributed by atoms with Gasteiger partial charge in [-0.25, -0.2) is 4.39 Å². The van der Waals surface area contributed by atoms with Crippen molar-refractivity contribution < 1.29 is 19.0 Å². The molecule has 1 aromatic heterocycles. The summed E-state index contributed by atoms with van der Waals surface area (Å²) >= 11 is 0. The number of aromatic nitrogens is 1. The van der Waals surface area contributed by atoms with Crippen molar-refractivity contribution in [1.82, 2.24) is 9.58 Å². The van der Waals surface area contributed by atoms with Gasteiger partial charge in [-0.1, -0.05) is 6.07 Å². The van der Waals surface area contributed by atoms with E-state index in [1.807, 2.05) is 13.8 Å². The molecule has 8 heteroatoms. The molecule has 2 heterocycles. The number of methoxy groups -OCH3 is 1. The van der Waals surface area contributed by atoms with E-state index < -0.39 is 22.9 Å². The molecule has 1 N–H and O–H groups in total. The normalized spacial score (nSPS) is 14.0. The summed E-state index contributed by atoms with van der Waals surface area (Å²) in [6.07, 6.45) is 1.44. The number of nitrogens with zero attached hydrogens (tertiary/aromatic N) is 3. The first kappa shape index (κ1) is 17.8. The number of carbonyl (C=O) groups is 1. The molecule has 0 saturated carbocycles. The van der Waals surface area contributed by atoms with Crippen LogP contribution in [0.1, 0.15) is 29.9 Å². The van der Waals surface area contributed by atoms with Gasteiger partial charge in [0.15, 0.2) is 23.0 Å². The highest BCUT2D eigenvalue weighted by Crippen LogP contribution is 2.24. The third-order valence-corrected chi connectivity index (χ3v) is 4.34. The number of pyridine rings is 1. The van der Waals surface area contributed by atoms with Crippen molar-refractivity contribution >= 4 is 5.91 Å². The molecule has 0 fully saturated rings. The lowest BCUT2D eigenvalue weighted by molar-refractivity contribution is 0.0628. The Morgan fingerprint density at radius 1 is 1.27 bits per heavy atom. The first-order chi connectivity index (χ1) is 12.3. The molecule has 1 aromatic carbocycles. The van der Waals surface area contributed by atoms with E-state index in [1.165, 1.54) is 41.1 Å². The lowest BCUT2D eigenvalue weighted by atomic mass is 10.2. The fourth-order valence-electron chi connectivity index (χ4n) is 2.94. The van der Waals surface area contributed by atoms with Gasteiger partial charge in [0.25, 0.3) is 5.91 Å². The van der Waals surface area contributed by atoms with Crippen LogP contribution < -0.4 is 15.2 Å². The van der Waals surface area contributed by atoms with Crippen molar-refractivity contribution in [3.05, 3.63) is 57.8 Å².